The van der Waals surface area contributed by atoms with Crippen molar-refractivity contribution in [3.8, 4) is 28.3 Å². The molecule has 7 aromatic rings. The Kier molecular flexibility index (Phi) is 10.3. The Bertz CT molecular complexity index is 2090. The van der Waals surface area contributed by atoms with E-state index in [2.05, 4.69) is 85.1 Å². The molecule has 0 spiro atoms. The maximum absolute atomic E-state index is 8.68. The Morgan fingerprint density at radius 2 is 1.53 bits per heavy atom. The number of hydrogen-bond donors (Lipinski definition) is 0. The van der Waals surface area contributed by atoms with E-state index in [-0.39, 0.29) is 26.0 Å². The topological polar surface area (TPSA) is 30.7 Å². The summed E-state index contributed by atoms with van der Waals surface area (Å²) in [6, 6.07) is 37.7. The minimum Gasteiger partial charge on any atom is -0.333 e. The molecule has 5 heteroatoms. The Labute approximate surface area is 299 Å². The zero-order valence-electron chi connectivity index (χ0n) is 29.7. The Hall–Kier alpha value is -3.89. The predicted molar refractivity (Wildman–Crippen MR) is 196 cm³/mol. The first-order chi connectivity index (χ1) is 23.1. The third kappa shape index (κ3) is 7.49. The molecule has 0 bridgehead atoms. The molecule has 1 radical (unpaired) electrons. The molecule has 241 valence electrons. The van der Waals surface area contributed by atoms with E-state index < -0.39 is 6.37 Å². The van der Waals surface area contributed by atoms with Crippen LogP contribution in [0.2, 0.25) is 0 Å². The van der Waals surface area contributed by atoms with Crippen LogP contribution >= 0.6 is 11.3 Å². The van der Waals surface area contributed by atoms with Gasteiger partial charge in [-0.25, -0.2) is 0 Å². The Morgan fingerprint density at radius 1 is 0.809 bits per heavy atom. The van der Waals surface area contributed by atoms with Gasteiger partial charge in [-0.15, -0.1) is 47.3 Å². The number of rotatable bonds is 7. The molecule has 0 saturated heterocycles. The Morgan fingerprint density at radius 3 is 2.19 bits per heavy atom. The normalized spacial score (nSPS) is 12.2. The van der Waals surface area contributed by atoms with Crippen LogP contribution in [0.4, 0.5) is 0 Å². The molecule has 0 aliphatic heterocycles. The molecule has 4 aromatic carbocycles. The van der Waals surface area contributed by atoms with Crippen LogP contribution in [0, 0.1) is 17.4 Å². The molecule has 0 unspecified atom stereocenters. The molecule has 7 rings (SSSR count). The second-order valence-corrected chi connectivity index (χ2v) is 13.3. The van der Waals surface area contributed by atoms with Gasteiger partial charge in [0, 0.05) is 34.7 Å². The van der Waals surface area contributed by atoms with Gasteiger partial charge in [-0.1, -0.05) is 117 Å². The van der Waals surface area contributed by atoms with E-state index >= 15 is 0 Å². The van der Waals surface area contributed by atoms with Gasteiger partial charge in [0.05, 0.1) is 16.9 Å². The number of fused-ring (bicyclic) bond motifs is 2. The fraction of sp³-hybridized carbons (Fsp3) is 0.238. The van der Waals surface area contributed by atoms with Gasteiger partial charge in [0.2, 0.25) is 0 Å². The number of thiophene rings is 1. The number of aromatic nitrogens is 3. The van der Waals surface area contributed by atoms with Crippen LogP contribution in [0.25, 0.3) is 49.5 Å². The van der Waals surface area contributed by atoms with Gasteiger partial charge >= 0.3 is 0 Å². The number of hydrogen-bond acceptors (Lipinski definition) is 3. The summed E-state index contributed by atoms with van der Waals surface area (Å²) in [6.45, 7) is 12.8. The largest absolute Gasteiger partial charge is 0.333 e. The monoisotopic (exact) mass is 814 g/mol. The van der Waals surface area contributed by atoms with Crippen molar-refractivity contribution >= 4 is 32.5 Å². The van der Waals surface area contributed by atoms with Crippen molar-refractivity contribution in [1.29, 1.82) is 0 Å². The Balaban J connectivity index is 0.000000303. The molecule has 3 aromatic heterocycles. The number of benzene rings is 4. The molecule has 0 fully saturated rings. The molecule has 47 heavy (non-hydrogen) atoms. The van der Waals surface area contributed by atoms with E-state index in [1.165, 1.54) is 16.8 Å². The van der Waals surface area contributed by atoms with Gasteiger partial charge in [-0.05, 0) is 59.1 Å². The average Bonchev–Trinajstić information content (AvgIpc) is 3.70. The van der Waals surface area contributed by atoms with Crippen LogP contribution in [-0.4, -0.2) is 14.5 Å². The van der Waals surface area contributed by atoms with Crippen LogP contribution in [0.3, 0.4) is 0 Å². The second kappa shape index (κ2) is 15.3. The number of pyridine rings is 1. The standard InChI is InChI=1S/C31H33N2S.C11H8N.Ir/c1-19(2)16-22-14-15-29-25(17-22)26(18-34-29)31-32-27-12-7-8-13-28(27)33(31)30-23(20(3)4)10-9-11-24(30)21(5)6;1-2-6-10(7-3-1)11-8-4-5-9-12-11;/h7-15,17,19-21H,16H2,1-6H3;1-6,8-9H;/q2*-1;/i16D2;;. The first-order valence-corrected chi connectivity index (χ1v) is 16.8. The van der Waals surface area contributed by atoms with Gasteiger partial charge in [-0.3, -0.25) is 16.3 Å². The van der Waals surface area contributed by atoms with Crippen LogP contribution < -0.4 is 0 Å². The van der Waals surface area contributed by atoms with E-state index in [0.29, 0.717) is 17.4 Å². The van der Waals surface area contributed by atoms with Gasteiger partial charge in [0.25, 0.3) is 0 Å². The zero-order valence-corrected chi connectivity index (χ0v) is 30.9. The average molecular weight is 814 g/mol. The zero-order chi connectivity index (χ0) is 34.0. The predicted octanol–water partition coefficient (Wildman–Crippen LogP) is 11.7. The van der Waals surface area contributed by atoms with Crippen molar-refractivity contribution in [3.63, 3.8) is 0 Å². The van der Waals surface area contributed by atoms with E-state index in [9.17, 15) is 0 Å². The fourth-order valence-corrected chi connectivity index (χ4v) is 6.65. The maximum atomic E-state index is 8.68. The SMILES string of the molecule is [2H]C([2H])(c1ccc2s[c-]c(-c3nc4ccccc4n3-c3c(C(C)C)cccc3C(C)C)c2c1)C(C)C.[Ir].[c-]1ccccc1-c1ccccn1. The fourth-order valence-electron chi connectivity index (χ4n) is 5.83. The first kappa shape index (κ1) is 31.7. The summed E-state index contributed by atoms with van der Waals surface area (Å²) in [5.41, 5.74) is 9.45. The third-order valence-corrected chi connectivity index (χ3v) is 8.85. The van der Waals surface area contributed by atoms with E-state index in [0.717, 1.165) is 43.8 Å². The van der Waals surface area contributed by atoms with E-state index in [4.69, 9.17) is 7.73 Å². The van der Waals surface area contributed by atoms with Crippen molar-refractivity contribution in [3.05, 3.63) is 137 Å². The summed E-state index contributed by atoms with van der Waals surface area (Å²) < 4.78 is 20.8. The van der Waals surface area contributed by atoms with Crippen molar-refractivity contribution in [2.45, 2.75) is 59.8 Å². The smallest absolute Gasteiger partial charge is 0.0774 e. The van der Waals surface area contributed by atoms with Gasteiger partial charge < -0.3 is 9.55 Å². The molecule has 0 aliphatic rings. The first-order valence-electron chi connectivity index (χ1n) is 17.0. The van der Waals surface area contributed by atoms with Crippen molar-refractivity contribution in [2.24, 2.45) is 5.92 Å². The van der Waals surface area contributed by atoms with Crippen LogP contribution in [0.15, 0.2) is 109 Å². The summed E-state index contributed by atoms with van der Waals surface area (Å²) in [6.07, 6.45) is 0.374. The van der Waals surface area contributed by atoms with Crippen molar-refractivity contribution in [2.75, 3.05) is 0 Å². The third-order valence-electron chi connectivity index (χ3n) is 7.97. The van der Waals surface area contributed by atoms with Crippen molar-refractivity contribution in [1.82, 2.24) is 14.5 Å². The summed E-state index contributed by atoms with van der Waals surface area (Å²) in [4.78, 5) is 9.37. The van der Waals surface area contributed by atoms with Crippen molar-refractivity contribution < 1.29 is 22.8 Å². The maximum Gasteiger partial charge on any atom is 0.0774 e. The van der Waals surface area contributed by atoms with Gasteiger partial charge in [0.15, 0.2) is 0 Å². The summed E-state index contributed by atoms with van der Waals surface area (Å²) >= 11 is 1.57. The molecular weight excluding hydrogens is 771 g/mol. The molecule has 0 N–H and O–H groups in total. The van der Waals surface area contributed by atoms with Crippen LogP contribution in [0.1, 0.15) is 72.8 Å². The quantitative estimate of drug-likeness (QED) is 0.150. The molecule has 0 saturated carbocycles. The van der Waals surface area contributed by atoms with Crippen LogP contribution in [-0.2, 0) is 26.5 Å². The van der Waals surface area contributed by atoms with Gasteiger partial charge in [0.1, 0.15) is 0 Å². The molecule has 0 atom stereocenters. The molecule has 0 amide bonds. The van der Waals surface area contributed by atoms with E-state index in [1.54, 1.807) is 17.5 Å². The minimum atomic E-state index is -1.41. The summed E-state index contributed by atoms with van der Waals surface area (Å²) in [5, 5.41) is 4.55. The molecular formula is C42H41IrN3S-2. The number of imidazole rings is 1. The molecule has 3 nitrogen and oxygen atoms in total. The molecule has 0 aliphatic carbocycles. The summed E-state index contributed by atoms with van der Waals surface area (Å²) in [5.74, 6) is 1.43. The van der Waals surface area contributed by atoms with E-state index in [1.807, 2.05) is 80.6 Å². The minimum absolute atomic E-state index is 0. The number of para-hydroxylation sites is 3. The van der Waals surface area contributed by atoms with Gasteiger partial charge in [-0.2, -0.15) is 0 Å². The second-order valence-electron chi connectivity index (χ2n) is 12.4. The molecule has 3 heterocycles. The summed E-state index contributed by atoms with van der Waals surface area (Å²) in [7, 11) is 0. The number of nitrogens with zero attached hydrogens (tertiary/aromatic N) is 3. The van der Waals surface area contributed by atoms with Crippen LogP contribution in [0.5, 0.6) is 0 Å².